The summed E-state index contributed by atoms with van der Waals surface area (Å²) in [5.74, 6) is 2.62. The number of carbonyl (C=O) groups excluding carboxylic acids is 1. The average molecular weight is 479 g/mol. The smallest absolute Gasteiger partial charge is 0.407 e. The summed E-state index contributed by atoms with van der Waals surface area (Å²) in [4.78, 5) is 16.1. The molecule has 1 aromatic rings. The number of alkyl carbamates (subject to hydrolysis) is 1. The maximum Gasteiger partial charge on any atom is 0.407 e. The molecule has 2 rings (SSSR count). The normalized spacial score (nSPS) is 13.6. The summed E-state index contributed by atoms with van der Waals surface area (Å²) in [5, 5.41) is 17.5. The molecular formula is C16H30IN7O2. The summed E-state index contributed by atoms with van der Waals surface area (Å²) < 4.78 is 7.33. The van der Waals surface area contributed by atoms with Crippen molar-refractivity contribution in [1.82, 2.24) is 30.7 Å². The van der Waals surface area contributed by atoms with E-state index in [9.17, 15) is 4.79 Å². The minimum Gasteiger partial charge on any atom is -0.444 e. The summed E-state index contributed by atoms with van der Waals surface area (Å²) >= 11 is 0. The lowest BCUT2D eigenvalue weighted by Gasteiger charge is -2.19. The topological polar surface area (TPSA) is 105 Å². The molecule has 0 spiro atoms. The molecule has 3 N–H and O–H groups in total. The van der Waals surface area contributed by atoms with Crippen LogP contribution in [0.3, 0.4) is 0 Å². The molecule has 0 fully saturated rings. The fourth-order valence-electron chi connectivity index (χ4n) is 2.48. The molecule has 1 amide bonds. The van der Waals surface area contributed by atoms with Crippen LogP contribution < -0.4 is 16.0 Å². The molecular weight excluding hydrogens is 449 g/mol. The van der Waals surface area contributed by atoms with Gasteiger partial charge in [-0.05, 0) is 34.1 Å². The lowest BCUT2D eigenvalue weighted by molar-refractivity contribution is 0.0529. The van der Waals surface area contributed by atoms with Gasteiger partial charge in [-0.25, -0.2) is 9.79 Å². The highest BCUT2D eigenvalue weighted by atomic mass is 127. The van der Waals surface area contributed by atoms with Crippen LogP contribution in [-0.4, -0.2) is 52.1 Å². The Balaban J connectivity index is 0.00000338. The zero-order valence-electron chi connectivity index (χ0n) is 16.0. The maximum absolute atomic E-state index is 11.6. The van der Waals surface area contributed by atoms with Crippen molar-refractivity contribution in [1.29, 1.82) is 0 Å². The fourth-order valence-corrected chi connectivity index (χ4v) is 2.48. The lowest BCUT2D eigenvalue weighted by Crippen LogP contribution is -2.42. The van der Waals surface area contributed by atoms with Gasteiger partial charge in [-0.1, -0.05) is 0 Å². The lowest BCUT2D eigenvalue weighted by atomic mass is 10.2. The van der Waals surface area contributed by atoms with Gasteiger partial charge in [-0.15, -0.1) is 34.2 Å². The van der Waals surface area contributed by atoms with Crippen LogP contribution in [-0.2, 0) is 24.2 Å². The summed E-state index contributed by atoms with van der Waals surface area (Å²) in [6.07, 6.45) is 1.69. The molecule has 9 nitrogen and oxygen atoms in total. The van der Waals surface area contributed by atoms with Crippen LogP contribution in [0.1, 0.15) is 45.8 Å². The molecule has 26 heavy (non-hydrogen) atoms. The highest BCUT2D eigenvalue weighted by Crippen LogP contribution is 2.14. The monoisotopic (exact) mass is 479 g/mol. The van der Waals surface area contributed by atoms with Crippen LogP contribution in [0.2, 0.25) is 0 Å². The van der Waals surface area contributed by atoms with E-state index in [1.165, 1.54) is 0 Å². The number of halogens is 1. The van der Waals surface area contributed by atoms with E-state index in [2.05, 4.69) is 35.7 Å². The number of ether oxygens (including phenoxy) is 1. The van der Waals surface area contributed by atoms with Crippen LogP contribution in [0.25, 0.3) is 0 Å². The second kappa shape index (κ2) is 10.5. The van der Waals surface area contributed by atoms with Crippen molar-refractivity contribution in [3.05, 3.63) is 11.6 Å². The van der Waals surface area contributed by atoms with Gasteiger partial charge in [-0.3, -0.25) is 0 Å². The van der Waals surface area contributed by atoms with Gasteiger partial charge in [0.05, 0.1) is 0 Å². The fraction of sp³-hybridized carbons (Fsp3) is 0.750. The second-order valence-electron chi connectivity index (χ2n) is 6.84. The van der Waals surface area contributed by atoms with Crippen LogP contribution >= 0.6 is 24.0 Å². The van der Waals surface area contributed by atoms with E-state index < -0.39 is 11.7 Å². The number of guanidine groups is 1. The number of aliphatic imine (C=N–C) groups is 1. The molecule has 0 aliphatic carbocycles. The van der Waals surface area contributed by atoms with Gasteiger partial charge >= 0.3 is 6.09 Å². The van der Waals surface area contributed by atoms with E-state index in [1.54, 1.807) is 0 Å². The van der Waals surface area contributed by atoms with Crippen molar-refractivity contribution < 1.29 is 9.53 Å². The largest absolute Gasteiger partial charge is 0.444 e. The van der Waals surface area contributed by atoms with E-state index in [1.807, 2.05) is 27.7 Å². The third-order valence-electron chi connectivity index (χ3n) is 3.49. The number of carbonyl (C=O) groups is 1. The standard InChI is InChI=1S/C16H29N7O2.HI/c1-5-17-14(18-8-9-19-15(24)25-16(2,3)4)20-11-13-22-21-12-7-6-10-23(12)13;/h5-11H2,1-4H3,(H,19,24)(H2,17,18,20);1H. The van der Waals surface area contributed by atoms with Gasteiger partial charge in [0.2, 0.25) is 0 Å². The van der Waals surface area contributed by atoms with Gasteiger partial charge < -0.3 is 25.3 Å². The predicted molar refractivity (Wildman–Crippen MR) is 111 cm³/mol. The second-order valence-corrected chi connectivity index (χ2v) is 6.84. The van der Waals surface area contributed by atoms with E-state index in [4.69, 9.17) is 4.74 Å². The Kier molecular flexibility index (Phi) is 9.09. The Morgan fingerprint density at radius 2 is 1.96 bits per heavy atom. The van der Waals surface area contributed by atoms with Gasteiger partial charge in [0.25, 0.3) is 0 Å². The SMILES string of the molecule is CCNC(=NCc1nnc2n1CCC2)NCCNC(=O)OC(C)(C)C.I. The minimum absolute atomic E-state index is 0. The number of aromatic nitrogens is 3. The van der Waals surface area contributed by atoms with Crippen LogP contribution in [0.4, 0.5) is 4.79 Å². The molecule has 0 bridgehead atoms. The molecule has 1 aliphatic rings. The molecule has 0 saturated heterocycles. The van der Waals surface area contributed by atoms with Crippen molar-refractivity contribution in [2.75, 3.05) is 19.6 Å². The average Bonchev–Trinajstić information content (AvgIpc) is 3.11. The minimum atomic E-state index is -0.494. The first-order chi connectivity index (χ1) is 11.9. The quantitative estimate of drug-likeness (QED) is 0.247. The van der Waals surface area contributed by atoms with Crippen molar-refractivity contribution in [3.63, 3.8) is 0 Å². The van der Waals surface area contributed by atoms with Gasteiger partial charge in [0.15, 0.2) is 11.8 Å². The maximum atomic E-state index is 11.6. The number of nitrogens with zero attached hydrogens (tertiary/aromatic N) is 4. The summed E-state index contributed by atoms with van der Waals surface area (Å²) in [6.45, 7) is 10.7. The Labute approximate surface area is 171 Å². The molecule has 1 aliphatic heterocycles. The first-order valence-corrected chi connectivity index (χ1v) is 8.79. The van der Waals surface area contributed by atoms with E-state index in [-0.39, 0.29) is 24.0 Å². The molecule has 0 atom stereocenters. The Bertz CT molecular complexity index is 610. The number of rotatable bonds is 6. The van der Waals surface area contributed by atoms with Crippen molar-refractivity contribution in [3.8, 4) is 0 Å². The van der Waals surface area contributed by atoms with E-state index in [0.717, 1.165) is 37.6 Å². The van der Waals surface area contributed by atoms with Crippen LogP contribution in [0, 0.1) is 0 Å². The summed E-state index contributed by atoms with van der Waals surface area (Å²) in [6, 6.07) is 0. The molecule has 148 valence electrons. The zero-order valence-corrected chi connectivity index (χ0v) is 18.3. The highest BCUT2D eigenvalue weighted by Gasteiger charge is 2.17. The molecule has 0 saturated carbocycles. The molecule has 1 aromatic heterocycles. The van der Waals surface area contributed by atoms with Gasteiger partial charge in [0, 0.05) is 32.6 Å². The summed E-state index contributed by atoms with van der Waals surface area (Å²) in [5.41, 5.74) is -0.494. The first kappa shape index (κ1) is 22.5. The Morgan fingerprint density at radius 1 is 1.23 bits per heavy atom. The van der Waals surface area contributed by atoms with Gasteiger partial charge in [-0.2, -0.15) is 0 Å². The molecule has 0 aromatic carbocycles. The number of hydrogen-bond acceptors (Lipinski definition) is 5. The third-order valence-corrected chi connectivity index (χ3v) is 3.49. The van der Waals surface area contributed by atoms with Crippen molar-refractivity contribution in [2.24, 2.45) is 4.99 Å². The number of nitrogens with one attached hydrogen (secondary N) is 3. The highest BCUT2D eigenvalue weighted by molar-refractivity contribution is 14.0. The number of fused-ring (bicyclic) bond motifs is 1. The zero-order chi connectivity index (χ0) is 18.3. The van der Waals surface area contributed by atoms with E-state index >= 15 is 0 Å². The number of hydrogen-bond donors (Lipinski definition) is 3. The van der Waals surface area contributed by atoms with Crippen LogP contribution in [0.5, 0.6) is 0 Å². The van der Waals surface area contributed by atoms with Crippen molar-refractivity contribution >= 4 is 36.0 Å². The Hall–Kier alpha value is -1.59. The predicted octanol–water partition coefficient (Wildman–Crippen LogP) is 1.42. The molecule has 10 heteroatoms. The number of aryl methyl sites for hydroxylation is 1. The Morgan fingerprint density at radius 3 is 2.65 bits per heavy atom. The summed E-state index contributed by atoms with van der Waals surface area (Å²) in [7, 11) is 0. The molecule has 2 heterocycles. The third kappa shape index (κ3) is 7.34. The molecule has 0 unspecified atom stereocenters. The van der Waals surface area contributed by atoms with Crippen LogP contribution in [0.15, 0.2) is 4.99 Å². The van der Waals surface area contributed by atoms with E-state index in [0.29, 0.717) is 25.6 Å². The molecule has 0 radical (unpaired) electrons. The van der Waals surface area contributed by atoms with Crippen molar-refractivity contribution in [2.45, 2.75) is 59.2 Å². The van der Waals surface area contributed by atoms with Gasteiger partial charge in [0.1, 0.15) is 18.0 Å². The number of amides is 1. The first-order valence-electron chi connectivity index (χ1n) is 8.79.